The Balaban J connectivity index is 4.00. The fourth-order valence-corrected chi connectivity index (χ4v) is 2.31. The Hall–Kier alpha value is -1.95. The molecule has 3 atom stereocenters. The molecule has 0 saturated heterocycles. The zero-order chi connectivity index (χ0) is 21.0. The SMILES string of the molecule is CCCCC[C@@H](O)/C=C/C=C/C=C\C=C\C=C\[C@@H](O)[C@@H](O)CCCC(=O)OC. The third kappa shape index (κ3) is 16.2. The number of unbranched alkanes of at least 4 members (excludes halogenated alkanes) is 2. The second-order valence-corrected chi connectivity index (χ2v) is 6.51. The van der Waals surface area contributed by atoms with Gasteiger partial charge in [0.1, 0.15) is 0 Å². The van der Waals surface area contributed by atoms with E-state index >= 15 is 0 Å². The summed E-state index contributed by atoms with van der Waals surface area (Å²) in [6.45, 7) is 2.14. The molecule has 0 aliphatic heterocycles. The number of ether oxygens (including phenoxy) is 1. The van der Waals surface area contributed by atoms with Crippen LogP contribution < -0.4 is 0 Å². The van der Waals surface area contributed by atoms with Gasteiger partial charge < -0.3 is 20.1 Å². The fraction of sp³-hybridized carbons (Fsp3) is 0.522. The van der Waals surface area contributed by atoms with E-state index in [1.807, 2.05) is 30.4 Å². The molecule has 0 aliphatic rings. The van der Waals surface area contributed by atoms with Crippen molar-refractivity contribution in [2.75, 3.05) is 7.11 Å². The lowest BCUT2D eigenvalue weighted by Gasteiger charge is -2.13. The minimum atomic E-state index is -0.972. The first-order valence-corrected chi connectivity index (χ1v) is 9.97. The molecule has 0 radical (unpaired) electrons. The first-order valence-electron chi connectivity index (χ1n) is 9.97. The number of carbonyl (C=O) groups is 1. The molecule has 0 aromatic heterocycles. The molecular formula is C23H36O5. The van der Waals surface area contributed by atoms with Crippen LogP contribution in [0.25, 0.3) is 0 Å². The molecule has 0 unspecified atom stereocenters. The van der Waals surface area contributed by atoms with Gasteiger partial charge in [0.15, 0.2) is 0 Å². The molecule has 0 aromatic rings. The Bertz CT molecular complexity index is 531. The molecule has 3 N–H and O–H groups in total. The molecule has 0 aromatic carbocycles. The lowest BCUT2D eigenvalue weighted by Crippen LogP contribution is -2.23. The maximum Gasteiger partial charge on any atom is 0.305 e. The van der Waals surface area contributed by atoms with Gasteiger partial charge in [-0.1, -0.05) is 86.9 Å². The molecule has 28 heavy (non-hydrogen) atoms. The summed E-state index contributed by atoms with van der Waals surface area (Å²) in [5.41, 5.74) is 0. The molecule has 0 amide bonds. The number of aliphatic hydroxyl groups is 3. The zero-order valence-corrected chi connectivity index (χ0v) is 17.1. The van der Waals surface area contributed by atoms with Gasteiger partial charge in [-0.15, -0.1) is 0 Å². The van der Waals surface area contributed by atoms with Gasteiger partial charge in [-0.25, -0.2) is 0 Å². The van der Waals surface area contributed by atoms with Gasteiger partial charge in [0.05, 0.1) is 25.4 Å². The van der Waals surface area contributed by atoms with Gasteiger partial charge in [0.25, 0.3) is 0 Å². The van der Waals surface area contributed by atoms with E-state index < -0.39 is 12.2 Å². The molecule has 0 spiro atoms. The molecule has 0 bridgehead atoms. The Labute approximate surface area is 169 Å². The summed E-state index contributed by atoms with van der Waals surface area (Å²) >= 11 is 0. The molecule has 158 valence electrons. The second-order valence-electron chi connectivity index (χ2n) is 6.51. The summed E-state index contributed by atoms with van der Waals surface area (Å²) in [6.07, 6.45) is 20.7. The maximum atomic E-state index is 11.0. The monoisotopic (exact) mass is 392 g/mol. The van der Waals surface area contributed by atoms with Crippen LogP contribution in [-0.4, -0.2) is 46.7 Å². The molecule has 5 heteroatoms. The molecule has 5 nitrogen and oxygen atoms in total. The second kappa shape index (κ2) is 18.4. The van der Waals surface area contributed by atoms with Crippen LogP contribution in [0.1, 0.15) is 51.9 Å². The standard InChI is InChI=1S/C23H36O5/c1-3-4-11-15-20(24)16-12-9-7-5-6-8-10-13-17-21(25)22(26)18-14-19-23(27)28-2/h5-10,12-13,16-17,20-22,24-26H,3-4,11,14-15,18-19H2,1-2H3/b6-5-,9-7+,10-8+,16-12+,17-13+/t20-,21-,22+/m1/s1. The van der Waals surface area contributed by atoms with Gasteiger partial charge in [-0.3, -0.25) is 4.79 Å². The van der Waals surface area contributed by atoms with Gasteiger partial charge in [-0.05, 0) is 19.3 Å². The molecular weight excluding hydrogens is 356 g/mol. The van der Waals surface area contributed by atoms with Gasteiger partial charge in [0, 0.05) is 6.42 Å². The van der Waals surface area contributed by atoms with Gasteiger partial charge in [-0.2, -0.15) is 0 Å². The maximum absolute atomic E-state index is 11.0. The van der Waals surface area contributed by atoms with Crippen molar-refractivity contribution in [3.63, 3.8) is 0 Å². The van der Waals surface area contributed by atoms with E-state index in [2.05, 4.69) is 11.7 Å². The highest BCUT2D eigenvalue weighted by Gasteiger charge is 2.13. The van der Waals surface area contributed by atoms with Crippen molar-refractivity contribution in [1.29, 1.82) is 0 Å². The highest BCUT2D eigenvalue weighted by molar-refractivity contribution is 5.68. The number of hydrogen-bond acceptors (Lipinski definition) is 5. The first kappa shape index (κ1) is 26.1. The van der Waals surface area contributed by atoms with E-state index in [-0.39, 0.29) is 18.5 Å². The van der Waals surface area contributed by atoms with Crippen LogP contribution in [0.5, 0.6) is 0 Å². The quantitative estimate of drug-likeness (QED) is 0.224. The van der Waals surface area contributed by atoms with E-state index in [9.17, 15) is 20.1 Å². The summed E-state index contributed by atoms with van der Waals surface area (Å²) in [7, 11) is 1.32. The Kier molecular flexibility index (Phi) is 17.1. The largest absolute Gasteiger partial charge is 0.469 e. The van der Waals surface area contributed by atoms with Crippen LogP contribution in [0.2, 0.25) is 0 Å². The highest BCUT2D eigenvalue weighted by atomic mass is 16.5. The number of rotatable bonds is 15. The smallest absolute Gasteiger partial charge is 0.305 e. The van der Waals surface area contributed by atoms with E-state index in [1.165, 1.54) is 13.2 Å². The van der Waals surface area contributed by atoms with E-state index in [0.29, 0.717) is 12.8 Å². The van der Waals surface area contributed by atoms with Crippen LogP contribution in [-0.2, 0) is 9.53 Å². The van der Waals surface area contributed by atoms with E-state index in [4.69, 9.17) is 0 Å². The summed E-state index contributed by atoms with van der Waals surface area (Å²) < 4.78 is 4.52. The summed E-state index contributed by atoms with van der Waals surface area (Å²) in [5.74, 6) is -0.320. The summed E-state index contributed by atoms with van der Waals surface area (Å²) in [6, 6.07) is 0. The number of allylic oxidation sites excluding steroid dienone is 8. The molecule has 0 fully saturated rings. The number of hydrogen-bond donors (Lipinski definition) is 3. The molecule has 0 aliphatic carbocycles. The molecule has 0 rings (SSSR count). The minimum Gasteiger partial charge on any atom is -0.469 e. The Morgan fingerprint density at radius 2 is 1.39 bits per heavy atom. The molecule has 0 heterocycles. The van der Waals surface area contributed by atoms with Crippen molar-refractivity contribution in [2.24, 2.45) is 0 Å². The van der Waals surface area contributed by atoms with Crippen LogP contribution in [0, 0.1) is 0 Å². The van der Waals surface area contributed by atoms with Gasteiger partial charge >= 0.3 is 5.97 Å². The van der Waals surface area contributed by atoms with Crippen molar-refractivity contribution in [3.05, 3.63) is 60.8 Å². The average Bonchev–Trinajstić information content (AvgIpc) is 2.69. The van der Waals surface area contributed by atoms with Crippen molar-refractivity contribution >= 4 is 5.97 Å². The van der Waals surface area contributed by atoms with Crippen LogP contribution >= 0.6 is 0 Å². The predicted octanol–water partition coefficient (Wildman–Crippen LogP) is 3.77. The first-order chi connectivity index (χ1) is 13.5. The third-order valence-electron chi connectivity index (χ3n) is 4.03. The molecule has 0 saturated carbocycles. The normalized spacial score (nSPS) is 16.0. The number of esters is 1. The zero-order valence-electron chi connectivity index (χ0n) is 17.1. The summed E-state index contributed by atoms with van der Waals surface area (Å²) in [4.78, 5) is 11.0. The Morgan fingerprint density at radius 1 is 0.821 bits per heavy atom. The van der Waals surface area contributed by atoms with Gasteiger partial charge in [0.2, 0.25) is 0 Å². The van der Waals surface area contributed by atoms with Crippen molar-refractivity contribution in [3.8, 4) is 0 Å². The van der Waals surface area contributed by atoms with E-state index in [1.54, 1.807) is 24.3 Å². The van der Waals surface area contributed by atoms with Crippen LogP contribution in [0.3, 0.4) is 0 Å². The van der Waals surface area contributed by atoms with E-state index in [0.717, 1.165) is 25.7 Å². The lowest BCUT2D eigenvalue weighted by molar-refractivity contribution is -0.140. The average molecular weight is 393 g/mol. The predicted molar refractivity (Wildman–Crippen MR) is 114 cm³/mol. The Morgan fingerprint density at radius 3 is 1.96 bits per heavy atom. The third-order valence-corrected chi connectivity index (χ3v) is 4.03. The van der Waals surface area contributed by atoms with Crippen LogP contribution in [0.4, 0.5) is 0 Å². The highest BCUT2D eigenvalue weighted by Crippen LogP contribution is 2.07. The number of aliphatic hydroxyl groups excluding tert-OH is 3. The van der Waals surface area contributed by atoms with Crippen LogP contribution in [0.15, 0.2) is 60.8 Å². The summed E-state index contributed by atoms with van der Waals surface area (Å²) in [5, 5.41) is 29.3. The number of carbonyl (C=O) groups excluding carboxylic acids is 1. The number of methoxy groups -OCH3 is 1. The van der Waals surface area contributed by atoms with Crippen molar-refractivity contribution in [2.45, 2.75) is 70.2 Å². The van der Waals surface area contributed by atoms with Crippen molar-refractivity contribution < 1.29 is 24.9 Å². The lowest BCUT2D eigenvalue weighted by atomic mass is 10.1. The fourth-order valence-electron chi connectivity index (χ4n) is 2.31. The minimum absolute atomic E-state index is 0.231. The van der Waals surface area contributed by atoms with Crippen molar-refractivity contribution in [1.82, 2.24) is 0 Å². The topological polar surface area (TPSA) is 87.0 Å².